The van der Waals surface area contributed by atoms with E-state index >= 15 is 0 Å². The van der Waals surface area contributed by atoms with Crippen molar-refractivity contribution >= 4 is 35.6 Å². The molecule has 2 aromatic rings. The van der Waals surface area contributed by atoms with Crippen molar-refractivity contribution in [2.75, 3.05) is 7.05 Å². The summed E-state index contributed by atoms with van der Waals surface area (Å²) >= 11 is 12.1. The number of hydrogen-bond acceptors (Lipinski definition) is 1. The molecule has 0 saturated heterocycles. The Morgan fingerprint density at radius 1 is 1.00 bits per heavy atom. The molecule has 0 amide bonds. The lowest BCUT2D eigenvalue weighted by Crippen LogP contribution is -2.13. The van der Waals surface area contributed by atoms with Gasteiger partial charge in [0.05, 0.1) is 10.0 Å². The lowest BCUT2D eigenvalue weighted by Gasteiger charge is -2.13. The molecule has 0 bridgehead atoms. The van der Waals surface area contributed by atoms with Gasteiger partial charge < -0.3 is 5.32 Å². The van der Waals surface area contributed by atoms with Crippen LogP contribution in [0.25, 0.3) is 0 Å². The van der Waals surface area contributed by atoms with E-state index in [4.69, 9.17) is 23.2 Å². The Labute approximate surface area is 135 Å². The van der Waals surface area contributed by atoms with Crippen LogP contribution in [0.1, 0.15) is 35.1 Å². The molecule has 0 saturated carbocycles. The van der Waals surface area contributed by atoms with Gasteiger partial charge in [0.15, 0.2) is 0 Å². The molecular formula is C16H16Cl3N. The minimum absolute atomic E-state index is 0. The van der Waals surface area contributed by atoms with Gasteiger partial charge in [0.1, 0.15) is 0 Å². The van der Waals surface area contributed by atoms with Crippen LogP contribution in [0.4, 0.5) is 0 Å². The Morgan fingerprint density at radius 2 is 1.70 bits per heavy atom. The lowest BCUT2D eigenvalue weighted by atomic mass is 9.93. The topological polar surface area (TPSA) is 12.0 Å². The van der Waals surface area contributed by atoms with E-state index < -0.39 is 0 Å². The van der Waals surface area contributed by atoms with Gasteiger partial charge in [0.25, 0.3) is 0 Å². The molecule has 0 spiro atoms. The summed E-state index contributed by atoms with van der Waals surface area (Å²) in [4.78, 5) is 0. The molecule has 1 aliphatic carbocycles. The van der Waals surface area contributed by atoms with Gasteiger partial charge in [-0.15, -0.1) is 12.4 Å². The van der Waals surface area contributed by atoms with Gasteiger partial charge in [-0.3, -0.25) is 0 Å². The Hall–Kier alpha value is -0.730. The third-order valence-corrected chi connectivity index (χ3v) is 4.65. The second kappa shape index (κ2) is 6.36. The second-order valence-electron chi connectivity index (χ2n) is 4.93. The third-order valence-electron chi connectivity index (χ3n) is 3.91. The first-order valence-electron chi connectivity index (χ1n) is 6.41. The van der Waals surface area contributed by atoms with E-state index in [1.54, 1.807) is 0 Å². The van der Waals surface area contributed by atoms with Crippen LogP contribution in [0.2, 0.25) is 10.0 Å². The van der Waals surface area contributed by atoms with Gasteiger partial charge in [0.2, 0.25) is 0 Å². The van der Waals surface area contributed by atoms with Gasteiger partial charge in [-0.1, -0.05) is 53.5 Å². The van der Waals surface area contributed by atoms with Crippen LogP contribution in [-0.2, 0) is 0 Å². The molecule has 20 heavy (non-hydrogen) atoms. The highest BCUT2D eigenvalue weighted by atomic mass is 35.5. The minimum atomic E-state index is 0. The van der Waals surface area contributed by atoms with Crippen LogP contribution in [0.3, 0.4) is 0 Å². The van der Waals surface area contributed by atoms with E-state index in [1.165, 1.54) is 16.7 Å². The maximum Gasteiger partial charge on any atom is 0.0595 e. The van der Waals surface area contributed by atoms with Crippen molar-refractivity contribution in [2.45, 2.75) is 18.4 Å². The number of rotatable bonds is 2. The molecule has 0 aliphatic heterocycles. The van der Waals surface area contributed by atoms with Crippen molar-refractivity contribution in [2.24, 2.45) is 0 Å². The fraction of sp³-hybridized carbons (Fsp3) is 0.250. The Morgan fingerprint density at radius 3 is 2.35 bits per heavy atom. The van der Waals surface area contributed by atoms with E-state index in [0.717, 1.165) is 6.42 Å². The maximum atomic E-state index is 6.14. The SMILES string of the molecule is CN[C@H]1C[C@H](c2ccc(Cl)c(Cl)c2)c2ccccc21.Cl. The average Bonchev–Trinajstić information content (AvgIpc) is 2.81. The Balaban J connectivity index is 0.00000147. The minimum Gasteiger partial charge on any atom is -0.313 e. The first kappa shape index (κ1) is 15.7. The highest BCUT2D eigenvalue weighted by Crippen LogP contribution is 2.44. The number of hydrogen-bond donors (Lipinski definition) is 1. The molecule has 2 aromatic carbocycles. The van der Waals surface area contributed by atoms with Crippen LogP contribution in [-0.4, -0.2) is 7.05 Å². The molecule has 1 nitrogen and oxygen atoms in total. The molecule has 0 radical (unpaired) electrons. The fourth-order valence-corrected chi connectivity index (χ4v) is 3.26. The van der Waals surface area contributed by atoms with Gasteiger partial charge in [-0.25, -0.2) is 0 Å². The predicted molar refractivity (Wildman–Crippen MR) is 88.4 cm³/mol. The van der Waals surface area contributed by atoms with Crippen molar-refractivity contribution in [1.82, 2.24) is 5.32 Å². The van der Waals surface area contributed by atoms with E-state index in [2.05, 4.69) is 35.6 Å². The summed E-state index contributed by atoms with van der Waals surface area (Å²) in [7, 11) is 2.01. The standard InChI is InChI=1S/C16H15Cl2N.ClH/c1-19-16-9-13(11-4-2-3-5-12(11)16)10-6-7-14(17)15(18)8-10;/h2-8,13,16,19H,9H2,1H3;1H/t13-,16+;/m1./s1. The van der Waals surface area contributed by atoms with Gasteiger partial charge in [-0.05, 0) is 42.3 Å². The fourth-order valence-electron chi connectivity index (χ4n) is 2.95. The van der Waals surface area contributed by atoms with Crippen molar-refractivity contribution in [1.29, 1.82) is 0 Å². The summed E-state index contributed by atoms with van der Waals surface area (Å²) in [6, 6.07) is 15.0. The summed E-state index contributed by atoms with van der Waals surface area (Å²) < 4.78 is 0. The largest absolute Gasteiger partial charge is 0.313 e. The molecular weight excluding hydrogens is 313 g/mol. The highest BCUT2D eigenvalue weighted by Gasteiger charge is 2.30. The molecule has 0 unspecified atom stereocenters. The van der Waals surface area contributed by atoms with Crippen LogP contribution < -0.4 is 5.32 Å². The molecule has 1 aliphatic rings. The quantitative estimate of drug-likeness (QED) is 0.798. The Bertz CT molecular complexity index is 612. The van der Waals surface area contributed by atoms with E-state index in [-0.39, 0.29) is 12.4 Å². The summed E-state index contributed by atoms with van der Waals surface area (Å²) in [5.74, 6) is 0.392. The summed E-state index contributed by atoms with van der Waals surface area (Å²) in [5.41, 5.74) is 4.01. The molecule has 4 heteroatoms. The van der Waals surface area contributed by atoms with Crippen LogP contribution in [0.15, 0.2) is 42.5 Å². The van der Waals surface area contributed by atoms with Crippen molar-refractivity contribution < 1.29 is 0 Å². The van der Waals surface area contributed by atoms with Crippen molar-refractivity contribution in [3.05, 3.63) is 69.2 Å². The van der Waals surface area contributed by atoms with E-state index in [0.29, 0.717) is 22.0 Å². The average molecular weight is 329 g/mol. The number of fused-ring (bicyclic) bond motifs is 1. The lowest BCUT2D eigenvalue weighted by molar-refractivity contribution is 0.564. The van der Waals surface area contributed by atoms with E-state index in [9.17, 15) is 0 Å². The third kappa shape index (κ3) is 2.68. The first-order chi connectivity index (χ1) is 9.20. The van der Waals surface area contributed by atoms with Gasteiger partial charge in [0, 0.05) is 12.0 Å². The predicted octanol–water partition coefficient (Wildman–Crippen LogP) is 5.21. The Kier molecular flexibility index (Phi) is 4.98. The number of benzene rings is 2. The second-order valence-corrected chi connectivity index (χ2v) is 5.75. The zero-order chi connectivity index (χ0) is 13.4. The van der Waals surface area contributed by atoms with E-state index in [1.807, 2.05) is 19.2 Å². The zero-order valence-electron chi connectivity index (χ0n) is 11.1. The van der Waals surface area contributed by atoms with Crippen LogP contribution in [0.5, 0.6) is 0 Å². The van der Waals surface area contributed by atoms with Gasteiger partial charge >= 0.3 is 0 Å². The molecule has 1 N–H and O–H groups in total. The summed E-state index contributed by atoms with van der Waals surface area (Å²) in [5, 5.41) is 4.63. The normalized spacial score (nSPS) is 20.4. The molecule has 0 aromatic heterocycles. The van der Waals surface area contributed by atoms with Crippen molar-refractivity contribution in [3.8, 4) is 0 Å². The molecule has 0 heterocycles. The number of nitrogens with one attached hydrogen (secondary N) is 1. The molecule has 2 atom stereocenters. The highest BCUT2D eigenvalue weighted by molar-refractivity contribution is 6.42. The molecule has 106 valence electrons. The maximum absolute atomic E-state index is 6.14. The molecule has 0 fully saturated rings. The zero-order valence-corrected chi connectivity index (χ0v) is 13.4. The summed E-state index contributed by atoms with van der Waals surface area (Å²) in [6.07, 6.45) is 1.06. The first-order valence-corrected chi connectivity index (χ1v) is 7.17. The molecule has 3 rings (SSSR count). The summed E-state index contributed by atoms with van der Waals surface area (Å²) in [6.45, 7) is 0. The monoisotopic (exact) mass is 327 g/mol. The van der Waals surface area contributed by atoms with Gasteiger partial charge in [-0.2, -0.15) is 0 Å². The van der Waals surface area contributed by atoms with Crippen LogP contribution in [0, 0.1) is 0 Å². The van der Waals surface area contributed by atoms with Crippen molar-refractivity contribution in [3.63, 3.8) is 0 Å². The number of halogens is 3. The van der Waals surface area contributed by atoms with Crippen LogP contribution >= 0.6 is 35.6 Å². The smallest absolute Gasteiger partial charge is 0.0595 e.